The lowest BCUT2D eigenvalue weighted by molar-refractivity contribution is 0.110. The van der Waals surface area contributed by atoms with E-state index in [2.05, 4.69) is 60.2 Å². The molecule has 0 fully saturated rings. The van der Waals surface area contributed by atoms with Gasteiger partial charge in [-0.3, -0.25) is 0 Å². The normalized spacial score (nSPS) is 11.2. The van der Waals surface area contributed by atoms with Gasteiger partial charge in [-0.2, -0.15) is 0 Å². The van der Waals surface area contributed by atoms with Gasteiger partial charge in [-0.25, -0.2) is 0 Å². The van der Waals surface area contributed by atoms with Crippen LogP contribution in [0.15, 0.2) is 22.7 Å². The van der Waals surface area contributed by atoms with E-state index in [0.29, 0.717) is 12.5 Å². The molecule has 18 heavy (non-hydrogen) atoms. The van der Waals surface area contributed by atoms with Crippen molar-refractivity contribution < 1.29 is 4.74 Å². The third-order valence-corrected chi connectivity index (χ3v) is 3.53. The van der Waals surface area contributed by atoms with Crippen LogP contribution < -0.4 is 5.32 Å². The minimum Gasteiger partial charge on any atom is -0.377 e. The van der Waals surface area contributed by atoms with Crippen LogP contribution in [0.25, 0.3) is 0 Å². The van der Waals surface area contributed by atoms with Crippen molar-refractivity contribution in [1.29, 1.82) is 0 Å². The summed E-state index contributed by atoms with van der Waals surface area (Å²) in [5, 5.41) is 3.32. The predicted octanol–water partition coefficient (Wildman–Crippen LogP) is 4.12. The molecule has 0 aliphatic rings. The van der Waals surface area contributed by atoms with Gasteiger partial charge in [0.1, 0.15) is 0 Å². The summed E-state index contributed by atoms with van der Waals surface area (Å²) < 4.78 is 6.83. The van der Waals surface area contributed by atoms with Gasteiger partial charge in [-0.15, -0.1) is 0 Å². The van der Waals surface area contributed by atoms with Gasteiger partial charge < -0.3 is 10.1 Å². The lowest BCUT2D eigenvalue weighted by atomic mass is 10.1. The van der Waals surface area contributed by atoms with E-state index in [1.807, 2.05) is 0 Å². The predicted molar refractivity (Wildman–Crippen MR) is 80.6 cm³/mol. The summed E-state index contributed by atoms with van der Waals surface area (Å²) in [6, 6.07) is 6.48. The van der Waals surface area contributed by atoms with E-state index in [-0.39, 0.29) is 0 Å². The Bertz CT molecular complexity index is 352. The molecule has 0 atom stereocenters. The van der Waals surface area contributed by atoms with E-state index in [0.717, 1.165) is 30.6 Å². The van der Waals surface area contributed by atoms with E-state index >= 15 is 0 Å². The minimum atomic E-state index is 0.689. The number of rotatable bonds is 8. The molecular formula is C15H24BrNO. The molecule has 0 saturated carbocycles. The summed E-state index contributed by atoms with van der Waals surface area (Å²) >= 11 is 3.61. The van der Waals surface area contributed by atoms with Crippen LogP contribution in [-0.4, -0.2) is 13.2 Å². The standard InChI is InChI=1S/C15H24BrNO/c1-4-17-10-13-5-6-14(15(16)9-13)11-18-8-7-12(2)3/h5-6,9,12,17H,4,7-8,10-11H2,1-3H3. The van der Waals surface area contributed by atoms with Crippen LogP contribution in [0.1, 0.15) is 38.3 Å². The zero-order chi connectivity index (χ0) is 13.4. The van der Waals surface area contributed by atoms with Crippen molar-refractivity contribution in [3.63, 3.8) is 0 Å². The number of hydrogen-bond acceptors (Lipinski definition) is 2. The van der Waals surface area contributed by atoms with Crippen LogP contribution in [0.4, 0.5) is 0 Å². The Morgan fingerprint density at radius 1 is 1.33 bits per heavy atom. The fourth-order valence-electron chi connectivity index (χ4n) is 1.59. The number of benzene rings is 1. The number of halogens is 1. The van der Waals surface area contributed by atoms with Crippen molar-refractivity contribution in [2.75, 3.05) is 13.2 Å². The first-order valence-corrected chi connectivity index (χ1v) is 7.48. The van der Waals surface area contributed by atoms with Crippen LogP contribution in [-0.2, 0) is 17.9 Å². The molecule has 0 amide bonds. The average molecular weight is 314 g/mol. The van der Waals surface area contributed by atoms with Crippen LogP contribution in [0, 0.1) is 5.92 Å². The van der Waals surface area contributed by atoms with Gasteiger partial charge in [0, 0.05) is 17.6 Å². The lowest BCUT2D eigenvalue weighted by Crippen LogP contribution is -2.11. The second kappa shape index (κ2) is 8.68. The van der Waals surface area contributed by atoms with Crippen LogP contribution in [0.5, 0.6) is 0 Å². The summed E-state index contributed by atoms with van der Waals surface area (Å²) in [6.07, 6.45) is 1.12. The molecule has 3 heteroatoms. The first kappa shape index (κ1) is 15.7. The van der Waals surface area contributed by atoms with Gasteiger partial charge in [-0.1, -0.05) is 48.8 Å². The van der Waals surface area contributed by atoms with Gasteiger partial charge in [0.25, 0.3) is 0 Å². The molecule has 2 nitrogen and oxygen atoms in total. The molecule has 0 heterocycles. The molecule has 1 N–H and O–H groups in total. The molecule has 0 spiro atoms. The molecule has 0 aliphatic carbocycles. The SMILES string of the molecule is CCNCc1ccc(COCCC(C)C)c(Br)c1. The lowest BCUT2D eigenvalue weighted by Gasteiger charge is -2.10. The molecule has 0 aromatic heterocycles. The fraction of sp³-hybridized carbons (Fsp3) is 0.600. The molecule has 0 aliphatic heterocycles. The van der Waals surface area contributed by atoms with Crippen molar-refractivity contribution in [1.82, 2.24) is 5.32 Å². The number of ether oxygens (including phenoxy) is 1. The summed E-state index contributed by atoms with van der Waals surface area (Å²) in [7, 11) is 0. The zero-order valence-electron chi connectivity index (χ0n) is 11.6. The Morgan fingerprint density at radius 2 is 2.11 bits per heavy atom. The third-order valence-electron chi connectivity index (χ3n) is 2.79. The molecule has 1 aromatic rings. The largest absolute Gasteiger partial charge is 0.377 e. The van der Waals surface area contributed by atoms with Crippen LogP contribution in [0.3, 0.4) is 0 Å². The number of nitrogens with one attached hydrogen (secondary N) is 1. The maximum absolute atomic E-state index is 5.69. The topological polar surface area (TPSA) is 21.3 Å². The Morgan fingerprint density at radius 3 is 2.72 bits per heavy atom. The van der Waals surface area contributed by atoms with Crippen LogP contribution >= 0.6 is 15.9 Å². The maximum atomic E-state index is 5.69. The van der Waals surface area contributed by atoms with Crippen molar-refractivity contribution >= 4 is 15.9 Å². The molecule has 0 unspecified atom stereocenters. The summed E-state index contributed by atoms with van der Waals surface area (Å²) in [4.78, 5) is 0. The van der Waals surface area contributed by atoms with E-state index in [4.69, 9.17) is 4.74 Å². The summed E-state index contributed by atoms with van der Waals surface area (Å²) in [6.45, 7) is 9.99. The first-order valence-electron chi connectivity index (χ1n) is 6.69. The van der Waals surface area contributed by atoms with Crippen LogP contribution in [0.2, 0.25) is 0 Å². The first-order chi connectivity index (χ1) is 8.63. The fourth-order valence-corrected chi connectivity index (χ4v) is 2.13. The zero-order valence-corrected chi connectivity index (χ0v) is 13.2. The van der Waals surface area contributed by atoms with Gasteiger partial charge in [0.15, 0.2) is 0 Å². The van der Waals surface area contributed by atoms with Crippen molar-refractivity contribution in [3.05, 3.63) is 33.8 Å². The second-order valence-corrected chi connectivity index (χ2v) is 5.80. The monoisotopic (exact) mass is 313 g/mol. The van der Waals surface area contributed by atoms with E-state index in [9.17, 15) is 0 Å². The maximum Gasteiger partial charge on any atom is 0.0727 e. The summed E-state index contributed by atoms with van der Waals surface area (Å²) in [5.41, 5.74) is 2.52. The van der Waals surface area contributed by atoms with E-state index in [1.54, 1.807) is 0 Å². The Kier molecular flexibility index (Phi) is 7.56. The Balaban J connectivity index is 2.42. The number of hydrogen-bond donors (Lipinski definition) is 1. The highest BCUT2D eigenvalue weighted by molar-refractivity contribution is 9.10. The highest BCUT2D eigenvalue weighted by atomic mass is 79.9. The van der Waals surface area contributed by atoms with Gasteiger partial charge in [-0.05, 0) is 36.1 Å². The molecular weight excluding hydrogens is 290 g/mol. The smallest absolute Gasteiger partial charge is 0.0727 e. The Labute approximate surface area is 119 Å². The van der Waals surface area contributed by atoms with Crippen molar-refractivity contribution in [2.24, 2.45) is 5.92 Å². The van der Waals surface area contributed by atoms with Crippen molar-refractivity contribution in [2.45, 2.75) is 40.3 Å². The molecule has 1 aromatic carbocycles. The van der Waals surface area contributed by atoms with Gasteiger partial charge in [0.05, 0.1) is 6.61 Å². The highest BCUT2D eigenvalue weighted by Crippen LogP contribution is 2.19. The minimum absolute atomic E-state index is 0.689. The molecule has 0 bridgehead atoms. The molecule has 0 saturated heterocycles. The molecule has 102 valence electrons. The van der Waals surface area contributed by atoms with E-state index in [1.165, 1.54) is 11.1 Å². The van der Waals surface area contributed by atoms with Gasteiger partial charge >= 0.3 is 0 Å². The highest BCUT2D eigenvalue weighted by Gasteiger charge is 2.02. The van der Waals surface area contributed by atoms with Gasteiger partial charge in [0.2, 0.25) is 0 Å². The third kappa shape index (κ3) is 5.98. The Hall–Kier alpha value is -0.380. The van der Waals surface area contributed by atoms with Crippen molar-refractivity contribution in [3.8, 4) is 0 Å². The second-order valence-electron chi connectivity index (χ2n) is 4.94. The average Bonchev–Trinajstić information content (AvgIpc) is 2.33. The van der Waals surface area contributed by atoms with E-state index < -0.39 is 0 Å². The summed E-state index contributed by atoms with van der Waals surface area (Å²) in [5.74, 6) is 0.705. The quantitative estimate of drug-likeness (QED) is 0.729. The molecule has 0 radical (unpaired) electrons. The molecule has 1 rings (SSSR count).